The second-order valence-corrected chi connectivity index (χ2v) is 4.61. The highest BCUT2D eigenvalue weighted by Gasteiger charge is 2.16. The van der Waals surface area contributed by atoms with Gasteiger partial charge in [-0.25, -0.2) is 0 Å². The van der Waals surface area contributed by atoms with E-state index in [1.54, 1.807) is 0 Å². The van der Waals surface area contributed by atoms with Crippen molar-refractivity contribution >= 4 is 0 Å². The molecule has 0 aliphatic rings. The molecule has 19 heavy (non-hydrogen) atoms. The van der Waals surface area contributed by atoms with Crippen molar-refractivity contribution in [2.24, 2.45) is 0 Å². The molecule has 2 rings (SSSR count). The lowest BCUT2D eigenvalue weighted by molar-refractivity contribution is 0.549. The average molecular weight is 259 g/mol. The lowest BCUT2D eigenvalue weighted by atomic mass is 10.1. The Hall–Kier alpha value is -1.75. The van der Waals surface area contributed by atoms with Crippen LogP contribution in [0.3, 0.4) is 0 Å². The Balaban J connectivity index is 2.39. The van der Waals surface area contributed by atoms with Gasteiger partial charge < -0.3 is 5.32 Å². The maximum atomic E-state index is 4.15. The summed E-state index contributed by atoms with van der Waals surface area (Å²) in [7, 11) is 0. The lowest BCUT2D eigenvalue weighted by Gasteiger charge is -2.14. The van der Waals surface area contributed by atoms with Crippen LogP contribution in [0.1, 0.15) is 44.6 Å². The van der Waals surface area contributed by atoms with Gasteiger partial charge in [0.2, 0.25) is 0 Å². The van der Waals surface area contributed by atoms with Crippen molar-refractivity contribution in [1.82, 2.24) is 25.5 Å². The Bertz CT molecular complexity index is 520. The topological polar surface area (TPSA) is 55.6 Å². The van der Waals surface area contributed by atoms with Crippen LogP contribution in [0.5, 0.6) is 0 Å². The van der Waals surface area contributed by atoms with E-state index in [1.807, 2.05) is 10.7 Å². The molecule has 1 unspecified atom stereocenters. The maximum Gasteiger partial charge on any atom is 0.173 e. The van der Waals surface area contributed by atoms with Gasteiger partial charge >= 0.3 is 0 Å². The summed E-state index contributed by atoms with van der Waals surface area (Å²) < 4.78 is 1.85. The van der Waals surface area contributed by atoms with E-state index in [0.29, 0.717) is 0 Å². The van der Waals surface area contributed by atoms with Gasteiger partial charge in [0.05, 0.1) is 11.7 Å². The van der Waals surface area contributed by atoms with Crippen LogP contribution in [0.4, 0.5) is 0 Å². The molecule has 0 amide bonds. The van der Waals surface area contributed by atoms with Crippen LogP contribution in [-0.2, 0) is 6.42 Å². The van der Waals surface area contributed by atoms with E-state index in [9.17, 15) is 0 Å². The second-order valence-electron chi connectivity index (χ2n) is 4.61. The molecular formula is C14H21N5. The Labute approximate surface area is 114 Å². The van der Waals surface area contributed by atoms with Gasteiger partial charge in [-0.15, -0.1) is 5.10 Å². The molecule has 0 aliphatic heterocycles. The third-order valence-electron chi connectivity index (χ3n) is 3.13. The standard InChI is InChI=1S/C14H21N5/c1-4-8-12-9-6-7-10-13(12)19-14(16-17-18-19)11(3)15-5-2/h6-7,9-11,15H,4-5,8H2,1-3H3. The van der Waals surface area contributed by atoms with Gasteiger partial charge in [-0.2, -0.15) is 4.68 Å². The van der Waals surface area contributed by atoms with Crippen molar-refractivity contribution in [3.05, 3.63) is 35.7 Å². The first-order valence-corrected chi connectivity index (χ1v) is 6.87. The number of nitrogens with one attached hydrogen (secondary N) is 1. The fourth-order valence-corrected chi connectivity index (χ4v) is 2.23. The molecule has 1 aromatic heterocycles. The van der Waals surface area contributed by atoms with E-state index in [0.717, 1.165) is 30.9 Å². The molecule has 1 N–H and O–H groups in total. The monoisotopic (exact) mass is 259 g/mol. The normalized spacial score (nSPS) is 12.6. The van der Waals surface area contributed by atoms with Gasteiger partial charge in [0.25, 0.3) is 0 Å². The van der Waals surface area contributed by atoms with Crippen molar-refractivity contribution < 1.29 is 0 Å². The highest BCUT2D eigenvalue weighted by atomic mass is 15.5. The number of benzene rings is 1. The fraction of sp³-hybridized carbons (Fsp3) is 0.500. The number of rotatable bonds is 6. The summed E-state index contributed by atoms with van der Waals surface area (Å²) in [4.78, 5) is 0. The molecule has 0 aliphatic carbocycles. The van der Waals surface area contributed by atoms with Crippen molar-refractivity contribution in [3.63, 3.8) is 0 Å². The van der Waals surface area contributed by atoms with Crippen LogP contribution in [0.15, 0.2) is 24.3 Å². The van der Waals surface area contributed by atoms with Gasteiger partial charge in [-0.05, 0) is 41.9 Å². The van der Waals surface area contributed by atoms with Gasteiger partial charge in [-0.1, -0.05) is 38.5 Å². The number of aromatic nitrogens is 4. The molecule has 1 atom stereocenters. The Kier molecular flexibility index (Phi) is 4.63. The van der Waals surface area contributed by atoms with Gasteiger partial charge in [0.1, 0.15) is 0 Å². The minimum atomic E-state index is 0.134. The van der Waals surface area contributed by atoms with Crippen LogP contribution >= 0.6 is 0 Å². The Morgan fingerprint density at radius 2 is 2.05 bits per heavy atom. The fourth-order valence-electron chi connectivity index (χ4n) is 2.23. The second kappa shape index (κ2) is 6.43. The Morgan fingerprint density at radius 1 is 1.26 bits per heavy atom. The van der Waals surface area contributed by atoms with E-state index in [2.05, 4.69) is 59.8 Å². The van der Waals surface area contributed by atoms with Crippen molar-refractivity contribution in [1.29, 1.82) is 0 Å². The summed E-state index contributed by atoms with van der Waals surface area (Å²) in [5, 5.41) is 15.5. The third-order valence-corrected chi connectivity index (χ3v) is 3.13. The third kappa shape index (κ3) is 2.98. The first-order chi connectivity index (χ1) is 9.27. The molecule has 5 nitrogen and oxygen atoms in total. The number of aryl methyl sites for hydroxylation is 1. The van der Waals surface area contributed by atoms with Crippen LogP contribution in [-0.4, -0.2) is 26.8 Å². The van der Waals surface area contributed by atoms with Gasteiger partial charge in [-0.3, -0.25) is 0 Å². The predicted molar refractivity (Wildman–Crippen MR) is 75.2 cm³/mol. The molecule has 2 aromatic rings. The molecule has 102 valence electrons. The number of tetrazole rings is 1. The smallest absolute Gasteiger partial charge is 0.173 e. The number of para-hydroxylation sites is 1. The number of nitrogens with zero attached hydrogens (tertiary/aromatic N) is 4. The molecule has 0 saturated carbocycles. The summed E-state index contributed by atoms with van der Waals surface area (Å²) in [6.07, 6.45) is 2.14. The van der Waals surface area contributed by atoms with E-state index in [-0.39, 0.29) is 6.04 Å². The minimum Gasteiger partial charge on any atom is -0.308 e. The molecule has 5 heteroatoms. The molecule has 1 aromatic carbocycles. The van der Waals surface area contributed by atoms with Crippen LogP contribution in [0.25, 0.3) is 5.69 Å². The first kappa shape index (κ1) is 13.7. The zero-order chi connectivity index (χ0) is 13.7. The molecular weight excluding hydrogens is 238 g/mol. The minimum absolute atomic E-state index is 0.134. The molecule has 0 radical (unpaired) electrons. The average Bonchev–Trinajstić information content (AvgIpc) is 2.89. The molecule has 0 saturated heterocycles. The number of hydrogen-bond donors (Lipinski definition) is 1. The van der Waals surface area contributed by atoms with E-state index < -0.39 is 0 Å². The number of hydrogen-bond acceptors (Lipinski definition) is 4. The summed E-state index contributed by atoms with van der Waals surface area (Å²) in [6, 6.07) is 8.44. The maximum absolute atomic E-state index is 4.15. The zero-order valence-corrected chi connectivity index (χ0v) is 11.8. The van der Waals surface area contributed by atoms with Crippen LogP contribution in [0, 0.1) is 0 Å². The van der Waals surface area contributed by atoms with Crippen molar-refractivity contribution in [2.45, 2.75) is 39.7 Å². The van der Waals surface area contributed by atoms with Gasteiger partial charge in [0, 0.05) is 0 Å². The highest BCUT2D eigenvalue weighted by Crippen LogP contribution is 2.19. The van der Waals surface area contributed by atoms with E-state index >= 15 is 0 Å². The molecule has 0 fully saturated rings. The SMILES string of the molecule is CCCc1ccccc1-n1nnnc1C(C)NCC. The zero-order valence-electron chi connectivity index (χ0n) is 11.8. The lowest BCUT2D eigenvalue weighted by Crippen LogP contribution is -2.22. The summed E-state index contributed by atoms with van der Waals surface area (Å²) in [6.45, 7) is 7.23. The molecule has 1 heterocycles. The van der Waals surface area contributed by atoms with E-state index in [4.69, 9.17) is 0 Å². The largest absolute Gasteiger partial charge is 0.308 e. The molecule has 0 bridgehead atoms. The Morgan fingerprint density at radius 3 is 2.79 bits per heavy atom. The summed E-state index contributed by atoms with van der Waals surface area (Å²) in [5.74, 6) is 0.852. The van der Waals surface area contributed by atoms with Gasteiger partial charge in [0.15, 0.2) is 5.82 Å². The molecule has 0 spiro atoms. The summed E-state index contributed by atoms with van der Waals surface area (Å²) >= 11 is 0. The van der Waals surface area contributed by atoms with Crippen LogP contribution < -0.4 is 5.32 Å². The van der Waals surface area contributed by atoms with Crippen molar-refractivity contribution in [3.8, 4) is 5.69 Å². The highest BCUT2D eigenvalue weighted by molar-refractivity contribution is 5.40. The first-order valence-electron chi connectivity index (χ1n) is 6.87. The quantitative estimate of drug-likeness (QED) is 0.864. The summed E-state index contributed by atoms with van der Waals surface area (Å²) in [5.41, 5.74) is 2.36. The van der Waals surface area contributed by atoms with Crippen LogP contribution in [0.2, 0.25) is 0 Å². The predicted octanol–water partition coefficient (Wildman–Crippen LogP) is 2.29. The van der Waals surface area contributed by atoms with E-state index in [1.165, 1.54) is 5.56 Å². The van der Waals surface area contributed by atoms with Crippen molar-refractivity contribution in [2.75, 3.05) is 6.54 Å².